The molecule has 2 aromatic carbocycles. The Labute approximate surface area is 200 Å². The van der Waals surface area contributed by atoms with Gasteiger partial charge in [-0.25, -0.2) is 0 Å². The van der Waals surface area contributed by atoms with Crippen LogP contribution in [0.4, 0.5) is 5.13 Å². The van der Waals surface area contributed by atoms with Crippen molar-refractivity contribution < 1.29 is 9.53 Å². The van der Waals surface area contributed by atoms with Crippen molar-refractivity contribution in [1.82, 2.24) is 10.2 Å². The highest BCUT2D eigenvalue weighted by atomic mass is 35.5. The number of carbonyl (C=O) groups is 1. The molecule has 1 amide bonds. The number of nitrogens with zero attached hydrogens (tertiary/aromatic N) is 2. The minimum atomic E-state index is -0.354. The maximum atomic E-state index is 12.6. The molecular formula is C22H23Cl2N3O2S2. The first-order valence-corrected chi connectivity index (χ1v) is 12.5. The van der Waals surface area contributed by atoms with Crippen molar-refractivity contribution in [3.8, 4) is 5.75 Å². The molecule has 0 radical (unpaired) electrons. The zero-order valence-corrected chi connectivity index (χ0v) is 20.4. The highest BCUT2D eigenvalue weighted by Gasteiger charge is 2.16. The average molecular weight is 496 g/mol. The Morgan fingerprint density at radius 2 is 1.90 bits per heavy atom. The van der Waals surface area contributed by atoms with Crippen molar-refractivity contribution in [3.63, 3.8) is 0 Å². The van der Waals surface area contributed by atoms with Gasteiger partial charge in [-0.15, -0.1) is 10.2 Å². The first-order chi connectivity index (χ1) is 15.0. The first-order valence-electron chi connectivity index (χ1n) is 9.92. The van der Waals surface area contributed by atoms with Crippen LogP contribution < -0.4 is 10.1 Å². The lowest BCUT2D eigenvalue weighted by atomic mass is 10.1. The van der Waals surface area contributed by atoms with Gasteiger partial charge in [-0.1, -0.05) is 90.3 Å². The van der Waals surface area contributed by atoms with Crippen LogP contribution in [0.5, 0.6) is 5.75 Å². The molecule has 0 aliphatic rings. The largest absolute Gasteiger partial charge is 0.490 e. The van der Waals surface area contributed by atoms with Crippen LogP contribution in [0, 0.1) is 6.92 Å². The number of hydrogen-bond donors (Lipinski definition) is 1. The number of carbonyl (C=O) groups excluding carboxylic acids is 1. The van der Waals surface area contributed by atoms with Crippen LogP contribution >= 0.6 is 46.3 Å². The fourth-order valence-corrected chi connectivity index (χ4v) is 5.17. The molecule has 0 saturated heterocycles. The van der Waals surface area contributed by atoms with E-state index in [9.17, 15) is 4.79 Å². The van der Waals surface area contributed by atoms with E-state index in [1.165, 1.54) is 22.5 Å². The van der Waals surface area contributed by atoms with Gasteiger partial charge in [0.15, 0.2) is 10.1 Å². The number of nitrogens with one attached hydrogen (secondary N) is 1. The molecule has 1 aromatic heterocycles. The van der Waals surface area contributed by atoms with Crippen LogP contribution in [0.25, 0.3) is 0 Å². The van der Waals surface area contributed by atoms with Gasteiger partial charge < -0.3 is 4.74 Å². The molecule has 0 aliphatic carbocycles. The van der Waals surface area contributed by atoms with Crippen LogP contribution in [0.15, 0.2) is 40.7 Å². The van der Waals surface area contributed by atoms with Gasteiger partial charge in [-0.3, -0.25) is 10.1 Å². The van der Waals surface area contributed by atoms with Crippen molar-refractivity contribution in [1.29, 1.82) is 0 Å². The lowest BCUT2D eigenvalue weighted by molar-refractivity contribution is 0.102. The lowest BCUT2D eigenvalue weighted by Gasteiger charge is -2.11. The standard InChI is InChI=1S/C22H23Cl2N3O2S2/c1-3-4-7-10-29-19-17(23)11-16(12-18(19)24)20(28)25-21-26-27-22(31-21)30-13-15-9-6-5-8-14(15)2/h5-6,8-9,11-12H,3-4,7,10,13H2,1-2H3,(H,25,26,28). The van der Waals surface area contributed by atoms with Gasteiger partial charge >= 0.3 is 0 Å². The van der Waals surface area contributed by atoms with Crippen molar-refractivity contribution in [2.45, 2.75) is 43.2 Å². The normalized spacial score (nSPS) is 10.8. The van der Waals surface area contributed by atoms with E-state index in [1.807, 2.05) is 12.1 Å². The van der Waals surface area contributed by atoms with E-state index in [-0.39, 0.29) is 5.91 Å². The molecule has 0 spiro atoms. The van der Waals surface area contributed by atoms with Gasteiger partial charge in [0.2, 0.25) is 5.13 Å². The molecular weight excluding hydrogens is 473 g/mol. The monoisotopic (exact) mass is 495 g/mol. The predicted molar refractivity (Wildman–Crippen MR) is 130 cm³/mol. The molecule has 0 fully saturated rings. The summed E-state index contributed by atoms with van der Waals surface area (Å²) in [5, 5.41) is 12.0. The number of aromatic nitrogens is 2. The summed E-state index contributed by atoms with van der Waals surface area (Å²) < 4.78 is 6.46. The Balaban J connectivity index is 1.59. The highest BCUT2D eigenvalue weighted by Crippen LogP contribution is 2.35. The Hall–Kier alpha value is -1.80. The molecule has 0 bridgehead atoms. The molecule has 0 unspecified atom stereocenters. The molecule has 164 valence electrons. The summed E-state index contributed by atoms with van der Waals surface area (Å²) in [6.07, 6.45) is 3.09. The summed E-state index contributed by atoms with van der Waals surface area (Å²) in [5.74, 6) is 0.843. The number of thioether (sulfide) groups is 1. The minimum absolute atomic E-state index is 0.306. The van der Waals surface area contributed by atoms with E-state index in [0.717, 1.165) is 29.4 Å². The van der Waals surface area contributed by atoms with E-state index < -0.39 is 0 Å². The van der Waals surface area contributed by atoms with Gasteiger partial charge in [-0.05, 0) is 36.6 Å². The number of anilines is 1. The molecule has 9 heteroatoms. The number of halogens is 2. The van der Waals surface area contributed by atoms with Crippen molar-refractivity contribution in [3.05, 3.63) is 63.1 Å². The maximum Gasteiger partial charge on any atom is 0.257 e. The van der Waals surface area contributed by atoms with Crippen molar-refractivity contribution in [2.75, 3.05) is 11.9 Å². The van der Waals surface area contributed by atoms with Gasteiger partial charge in [0, 0.05) is 11.3 Å². The number of unbranched alkanes of at least 4 members (excludes halogenated alkanes) is 2. The second-order valence-corrected chi connectivity index (χ2v) is 9.88. The van der Waals surface area contributed by atoms with Crippen LogP contribution in [-0.2, 0) is 5.75 Å². The van der Waals surface area contributed by atoms with Crippen LogP contribution in [0.1, 0.15) is 47.7 Å². The van der Waals surface area contributed by atoms with Gasteiger partial charge in [0.25, 0.3) is 5.91 Å². The number of benzene rings is 2. The zero-order chi connectivity index (χ0) is 22.2. The fraction of sp³-hybridized carbons (Fsp3) is 0.318. The van der Waals surface area contributed by atoms with Crippen LogP contribution in [0.3, 0.4) is 0 Å². The Kier molecular flexibility index (Phi) is 9.02. The number of rotatable bonds is 10. The highest BCUT2D eigenvalue weighted by molar-refractivity contribution is 8.00. The third kappa shape index (κ3) is 6.84. The quantitative estimate of drug-likeness (QED) is 0.182. The molecule has 3 aromatic rings. The molecule has 0 saturated carbocycles. The van der Waals surface area contributed by atoms with Crippen LogP contribution in [0.2, 0.25) is 10.0 Å². The minimum Gasteiger partial charge on any atom is -0.490 e. The lowest BCUT2D eigenvalue weighted by Crippen LogP contribution is -2.12. The van der Waals surface area contributed by atoms with Crippen LogP contribution in [-0.4, -0.2) is 22.7 Å². The van der Waals surface area contributed by atoms with Crippen molar-refractivity contribution >= 4 is 57.3 Å². The summed E-state index contributed by atoms with van der Waals surface area (Å²) in [6, 6.07) is 11.3. The molecule has 1 N–H and O–H groups in total. The topological polar surface area (TPSA) is 64.1 Å². The number of ether oxygens (including phenoxy) is 1. The Bertz CT molecular complexity index is 1020. The van der Waals surface area contributed by atoms with E-state index in [0.29, 0.717) is 33.1 Å². The smallest absolute Gasteiger partial charge is 0.257 e. The van der Waals surface area contributed by atoms with E-state index in [1.54, 1.807) is 23.9 Å². The SMILES string of the molecule is CCCCCOc1c(Cl)cc(C(=O)Nc2nnc(SCc3ccccc3C)s2)cc1Cl. The van der Waals surface area contributed by atoms with Gasteiger partial charge in [0.05, 0.1) is 16.7 Å². The summed E-state index contributed by atoms with van der Waals surface area (Å²) in [6.45, 7) is 4.74. The Morgan fingerprint density at radius 3 is 2.61 bits per heavy atom. The Morgan fingerprint density at radius 1 is 1.16 bits per heavy atom. The molecule has 1 heterocycles. The van der Waals surface area contributed by atoms with E-state index in [4.69, 9.17) is 27.9 Å². The van der Waals surface area contributed by atoms with E-state index >= 15 is 0 Å². The van der Waals surface area contributed by atoms with Gasteiger partial charge in [-0.2, -0.15) is 0 Å². The average Bonchev–Trinajstić information content (AvgIpc) is 3.19. The second kappa shape index (κ2) is 11.7. The van der Waals surface area contributed by atoms with Gasteiger partial charge in [0.1, 0.15) is 0 Å². The summed E-state index contributed by atoms with van der Waals surface area (Å²) in [7, 11) is 0. The summed E-state index contributed by atoms with van der Waals surface area (Å²) in [4.78, 5) is 12.6. The summed E-state index contributed by atoms with van der Waals surface area (Å²) in [5.41, 5.74) is 2.81. The summed E-state index contributed by atoms with van der Waals surface area (Å²) >= 11 is 15.5. The molecule has 0 aliphatic heterocycles. The number of aryl methyl sites for hydroxylation is 1. The fourth-order valence-electron chi connectivity index (χ4n) is 2.75. The molecule has 3 rings (SSSR count). The first kappa shape index (κ1) is 23.9. The van der Waals surface area contributed by atoms with Crippen molar-refractivity contribution in [2.24, 2.45) is 0 Å². The zero-order valence-electron chi connectivity index (χ0n) is 17.3. The number of hydrogen-bond acceptors (Lipinski definition) is 6. The maximum absolute atomic E-state index is 12.6. The van der Waals surface area contributed by atoms with E-state index in [2.05, 4.69) is 41.5 Å². The third-order valence-corrected chi connectivity index (χ3v) is 7.08. The molecule has 31 heavy (non-hydrogen) atoms. The predicted octanol–water partition coefficient (Wildman–Crippen LogP) is 7.27. The third-order valence-electron chi connectivity index (χ3n) is 4.49. The molecule has 0 atom stereocenters. The number of amides is 1. The second-order valence-electron chi connectivity index (χ2n) is 6.87. The molecule has 5 nitrogen and oxygen atoms in total.